The molecule has 0 aromatic rings. The van der Waals surface area contributed by atoms with Crippen LogP contribution in [-0.4, -0.2) is 51.0 Å². The molecule has 0 heterocycles. The Balaban J connectivity index is 4.65. The molecule has 0 fully saturated rings. The Hall–Kier alpha value is -1.79. The van der Waals surface area contributed by atoms with Crippen molar-refractivity contribution < 1.29 is 45.2 Å². The molecule has 0 saturated carbocycles. The Morgan fingerprint density at radius 2 is 1.42 bits per heavy atom. The van der Waals surface area contributed by atoms with Gasteiger partial charge >= 0.3 is 30.1 Å². The zero-order valence-electron chi connectivity index (χ0n) is 14.3. The summed E-state index contributed by atoms with van der Waals surface area (Å²) in [5, 5.41) is 3.11. The van der Waals surface area contributed by atoms with E-state index in [1.807, 2.05) is 0 Å². The second kappa shape index (κ2) is 9.23. The lowest BCUT2D eigenvalue weighted by molar-refractivity contribution is -0.175. The van der Waals surface area contributed by atoms with Crippen molar-refractivity contribution in [3.63, 3.8) is 0 Å². The Morgan fingerprint density at radius 3 is 1.85 bits per heavy atom. The first-order valence-electron chi connectivity index (χ1n) is 7.49. The molecule has 0 aliphatic carbocycles. The summed E-state index contributed by atoms with van der Waals surface area (Å²) < 4.78 is 78.0. The molecular weight excluding hydrogens is 390 g/mol. The van der Waals surface area contributed by atoms with Crippen LogP contribution in [0.2, 0.25) is 19.6 Å². The molecule has 1 atom stereocenters. The standard InChI is InChI=1S/C13H20F6N2O4Si/c1-26(2,3)25-9(22)8(21-11(24)13(17,18)19)6-4-5-7-20-10(23)12(14,15)16/h8H,4-7H2,1-3H3,(H,20,23)(H,21,24). The average Bonchev–Trinajstić information content (AvgIpc) is 2.41. The van der Waals surface area contributed by atoms with E-state index in [1.54, 1.807) is 25.0 Å². The van der Waals surface area contributed by atoms with Crippen molar-refractivity contribution in [1.29, 1.82) is 0 Å². The smallest absolute Gasteiger partial charge is 0.471 e. The van der Waals surface area contributed by atoms with Gasteiger partial charge in [0.25, 0.3) is 0 Å². The fraction of sp³-hybridized carbons (Fsp3) is 0.769. The molecule has 0 aromatic heterocycles. The van der Waals surface area contributed by atoms with E-state index in [4.69, 9.17) is 4.43 Å². The van der Waals surface area contributed by atoms with Gasteiger partial charge in [-0.1, -0.05) is 0 Å². The molecule has 0 radical (unpaired) electrons. The van der Waals surface area contributed by atoms with Gasteiger partial charge in [0.15, 0.2) is 0 Å². The van der Waals surface area contributed by atoms with Crippen molar-refractivity contribution in [2.24, 2.45) is 0 Å². The van der Waals surface area contributed by atoms with Gasteiger partial charge in [-0.15, -0.1) is 0 Å². The van der Waals surface area contributed by atoms with Crippen LogP contribution in [0.3, 0.4) is 0 Å². The molecule has 13 heteroatoms. The number of hydrogen-bond donors (Lipinski definition) is 2. The summed E-state index contributed by atoms with van der Waals surface area (Å²) >= 11 is 0. The van der Waals surface area contributed by atoms with Crippen LogP contribution in [0, 0.1) is 0 Å². The SMILES string of the molecule is C[Si](C)(C)OC(=O)C(CCCCNC(=O)C(F)(F)F)NC(=O)C(F)(F)F. The molecule has 0 spiro atoms. The zero-order chi connectivity index (χ0) is 20.8. The molecule has 0 saturated heterocycles. The lowest BCUT2D eigenvalue weighted by Gasteiger charge is -2.24. The summed E-state index contributed by atoms with van der Waals surface area (Å²) in [5.74, 6) is -5.50. The largest absolute Gasteiger partial charge is 0.518 e. The number of hydrogen-bond acceptors (Lipinski definition) is 4. The fourth-order valence-electron chi connectivity index (χ4n) is 1.64. The maximum Gasteiger partial charge on any atom is 0.471 e. The Kier molecular flexibility index (Phi) is 8.60. The van der Waals surface area contributed by atoms with E-state index in [0.29, 0.717) is 0 Å². The van der Waals surface area contributed by atoms with Gasteiger partial charge in [0.2, 0.25) is 8.32 Å². The van der Waals surface area contributed by atoms with Crippen LogP contribution in [0.4, 0.5) is 26.3 Å². The van der Waals surface area contributed by atoms with Crippen LogP contribution >= 0.6 is 0 Å². The first kappa shape index (κ1) is 24.2. The highest BCUT2D eigenvalue weighted by atomic mass is 28.4. The normalized spacial score (nSPS) is 13.7. The maximum absolute atomic E-state index is 12.3. The monoisotopic (exact) mass is 410 g/mol. The molecule has 0 aliphatic heterocycles. The maximum atomic E-state index is 12.3. The number of alkyl halides is 6. The second-order valence-electron chi connectivity index (χ2n) is 6.31. The van der Waals surface area contributed by atoms with Gasteiger partial charge in [-0.25, -0.2) is 0 Å². The number of unbranched alkanes of at least 4 members (excludes halogenated alkanes) is 1. The summed E-state index contributed by atoms with van der Waals surface area (Å²) in [6, 6.07) is -1.59. The van der Waals surface area contributed by atoms with Crippen LogP contribution in [0.25, 0.3) is 0 Å². The van der Waals surface area contributed by atoms with E-state index >= 15 is 0 Å². The third kappa shape index (κ3) is 10.3. The third-order valence-electron chi connectivity index (χ3n) is 2.72. The highest BCUT2D eigenvalue weighted by molar-refractivity contribution is 6.71. The number of nitrogens with one attached hydrogen (secondary N) is 2. The number of carbonyl (C=O) groups is 3. The van der Waals surface area contributed by atoms with Gasteiger partial charge in [0.05, 0.1) is 0 Å². The Labute approximate surface area is 146 Å². The van der Waals surface area contributed by atoms with Crippen LogP contribution in [0.15, 0.2) is 0 Å². The molecule has 26 heavy (non-hydrogen) atoms. The lowest BCUT2D eigenvalue weighted by atomic mass is 10.1. The molecule has 2 amide bonds. The van der Waals surface area contributed by atoms with Crippen LogP contribution in [-0.2, 0) is 18.8 Å². The minimum Gasteiger partial charge on any atom is -0.518 e. The van der Waals surface area contributed by atoms with Crippen molar-refractivity contribution in [3.05, 3.63) is 0 Å². The van der Waals surface area contributed by atoms with Crippen LogP contribution in [0.5, 0.6) is 0 Å². The van der Waals surface area contributed by atoms with Crippen LogP contribution < -0.4 is 10.6 Å². The molecule has 1 unspecified atom stereocenters. The van der Waals surface area contributed by atoms with Gasteiger partial charge in [-0.05, 0) is 38.9 Å². The summed E-state index contributed by atoms with van der Waals surface area (Å²) in [5.41, 5.74) is 0. The van der Waals surface area contributed by atoms with E-state index < -0.39 is 44.5 Å². The van der Waals surface area contributed by atoms with Gasteiger partial charge in [0, 0.05) is 6.54 Å². The third-order valence-corrected chi connectivity index (χ3v) is 3.53. The number of halogens is 6. The van der Waals surface area contributed by atoms with Gasteiger partial charge in [-0.3, -0.25) is 14.4 Å². The van der Waals surface area contributed by atoms with Crippen molar-refractivity contribution in [3.8, 4) is 0 Å². The zero-order valence-corrected chi connectivity index (χ0v) is 15.3. The Bertz CT molecular complexity index is 516. The summed E-state index contributed by atoms with van der Waals surface area (Å²) in [6.45, 7) is 4.45. The molecule has 6 nitrogen and oxygen atoms in total. The number of rotatable bonds is 8. The van der Waals surface area contributed by atoms with Crippen molar-refractivity contribution in [1.82, 2.24) is 10.6 Å². The highest BCUT2D eigenvalue weighted by Gasteiger charge is 2.41. The van der Waals surface area contributed by atoms with Crippen LogP contribution in [0.1, 0.15) is 19.3 Å². The van der Waals surface area contributed by atoms with Crippen molar-refractivity contribution in [2.45, 2.75) is 57.3 Å². The molecule has 2 N–H and O–H groups in total. The predicted molar refractivity (Wildman–Crippen MR) is 80.3 cm³/mol. The first-order chi connectivity index (χ1) is 11.5. The predicted octanol–water partition coefficient (Wildman–Crippen LogP) is 2.26. The summed E-state index contributed by atoms with van der Waals surface area (Å²) in [7, 11) is -2.43. The van der Waals surface area contributed by atoms with Crippen molar-refractivity contribution in [2.75, 3.05) is 6.54 Å². The molecule has 0 aliphatic rings. The van der Waals surface area contributed by atoms with Gasteiger partial charge in [0.1, 0.15) is 6.04 Å². The highest BCUT2D eigenvalue weighted by Crippen LogP contribution is 2.17. The lowest BCUT2D eigenvalue weighted by Crippen LogP contribution is -2.49. The molecular formula is C13H20F6N2O4Si. The fourth-order valence-corrected chi connectivity index (χ4v) is 2.38. The quantitative estimate of drug-likeness (QED) is 0.365. The molecule has 0 rings (SSSR count). The minimum atomic E-state index is -5.20. The van der Waals surface area contributed by atoms with E-state index in [1.165, 1.54) is 5.32 Å². The van der Waals surface area contributed by atoms with E-state index in [9.17, 15) is 40.7 Å². The second-order valence-corrected chi connectivity index (χ2v) is 10.7. The summed E-state index contributed by atoms with van der Waals surface area (Å²) in [6.07, 6.45) is -10.6. The van der Waals surface area contributed by atoms with E-state index in [0.717, 1.165) is 0 Å². The average molecular weight is 410 g/mol. The molecule has 0 aromatic carbocycles. The van der Waals surface area contributed by atoms with E-state index in [-0.39, 0.29) is 25.8 Å². The minimum absolute atomic E-state index is 0.0261. The van der Waals surface area contributed by atoms with Gasteiger partial charge < -0.3 is 15.1 Å². The first-order valence-corrected chi connectivity index (χ1v) is 10.9. The molecule has 0 bridgehead atoms. The number of amides is 2. The molecule has 152 valence electrons. The van der Waals surface area contributed by atoms with Gasteiger partial charge in [-0.2, -0.15) is 26.3 Å². The van der Waals surface area contributed by atoms with Crippen molar-refractivity contribution >= 4 is 26.1 Å². The topological polar surface area (TPSA) is 84.5 Å². The van der Waals surface area contributed by atoms with E-state index in [2.05, 4.69) is 0 Å². The number of carbonyl (C=O) groups excluding carboxylic acids is 3. The Morgan fingerprint density at radius 1 is 0.923 bits per heavy atom. The summed E-state index contributed by atoms with van der Waals surface area (Å²) in [4.78, 5) is 33.6.